The van der Waals surface area contributed by atoms with Crippen LogP contribution in [0.5, 0.6) is 17.2 Å². The van der Waals surface area contributed by atoms with Crippen LogP contribution in [-0.2, 0) is 14.3 Å². The van der Waals surface area contributed by atoms with Crippen LogP contribution in [0.3, 0.4) is 0 Å². The molecule has 1 aromatic rings. The Kier molecular flexibility index (Phi) is 11.8. The normalized spacial score (nSPS) is 23.6. The third kappa shape index (κ3) is 9.09. The lowest BCUT2D eigenvalue weighted by Crippen LogP contribution is -2.34. The van der Waals surface area contributed by atoms with E-state index in [9.17, 15) is 9.59 Å². The Morgan fingerprint density at radius 1 is 0.973 bits per heavy atom. The number of hydrogen-bond donors (Lipinski definition) is 0. The van der Waals surface area contributed by atoms with Gasteiger partial charge in [-0.05, 0) is 57.3 Å². The molecule has 37 heavy (non-hydrogen) atoms. The second-order valence-electron chi connectivity index (χ2n) is 9.29. The van der Waals surface area contributed by atoms with E-state index in [1.807, 2.05) is 6.07 Å². The summed E-state index contributed by atoms with van der Waals surface area (Å²) in [5, 5.41) is 8.80. The summed E-state index contributed by atoms with van der Waals surface area (Å²) in [5.74, 6) is 0.398. The summed E-state index contributed by atoms with van der Waals surface area (Å²) >= 11 is 0. The van der Waals surface area contributed by atoms with E-state index in [4.69, 9.17) is 28.9 Å². The van der Waals surface area contributed by atoms with Crippen LogP contribution < -0.4 is 14.2 Å². The third-order valence-electron chi connectivity index (χ3n) is 6.65. The number of nitriles is 1. The van der Waals surface area contributed by atoms with Gasteiger partial charge in [0.05, 0.1) is 45.5 Å². The summed E-state index contributed by atoms with van der Waals surface area (Å²) in [6.45, 7) is 6.28. The number of nitrogens with zero attached hydrogens (tertiary/aromatic N) is 3. The molecule has 0 saturated carbocycles. The Morgan fingerprint density at radius 2 is 1.70 bits per heavy atom. The molecule has 3 atom stereocenters. The van der Waals surface area contributed by atoms with Crippen LogP contribution in [0.2, 0.25) is 0 Å². The molecule has 1 aromatic carbocycles. The van der Waals surface area contributed by atoms with E-state index in [1.165, 1.54) is 14.2 Å². The van der Waals surface area contributed by atoms with Crippen LogP contribution in [0.4, 0.5) is 0 Å². The van der Waals surface area contributed by atoms with E-state index in [2.05, 4.69) is 9.80 Å². The molecule has 204 valence electrons. The zero-order valence-electron chi connectivity index (χ0n) is 22.0. The van der Waals surface area contributed by atoms with E-state index < -0.39 is 5.97 Å². The van der Waals surface area contributed by atoms with Crippen molar-refractivity contribution in [3.05, 3.63) is 17.7 Å². The molecule has 1 fully saturated rings. The first-order chi connectivity index (χ1) is 18.0. The molecule has 2 aliphatic rings. The Morgan fingerprint density at radius 3 is 2.43 bits per heavy atom. The molecule has 10 nitrogen and oxygen atoms in total. The van der Waals surface area contributed by atoms with Crippen molar-refractivity contribution in [1.82, 2.24) is 9.80 Å². The van der Waals surface area contributed by atoms with Crippen molar-refractivity contribution in [2.45, 2.75) is 51.0 Å². The van der Waals surface area contributed by atoms with Crippen molar-refractivity contribution in [1.29, 1.82) is 5.26 Å². The Labute approximate surface area is 219 Å². The zero-order valence-corrected chi connectivity index (χ0v) is 22.0. The molecule has 0 aromatic heterocycles. The van der Waals surface area contributed by atoms with Gasteiger partial charge in [0, 0.05) is 32.6 Å². The monoisotopic (exact) mass is 517 g/mol. The molecule has 0 radical (unpaired) electrons. The molecule has 4 bridgehead atoms. The minimum absolute atomic E-state index is 0.0993. The van der Waals surface area contributed by atoms with Crippen molar-refractivity contribution in [3.63, 3.8) is 0 Å². The second kappa shape index (κ2) is 15.3. The summed E-state index contributed by atoms with van der Waals surface area (Å²) in [6, 6.07) is 5.20. The molecule has 3 rings (SSSR count). The molecule has 1 saturated heterocycles. The topological polar surface area (TPSA) is 111 Å². The first-order valence-corrected chi connectivity index (χ1v) is 13.1. The van der Waals surface area contributed by atoms with Crippen LogP contribution in [-0.4, -0.2) is 94.5 Å². The minimum Gasteiger partial charge on any atom is -0.493 e. The van der Waals surface area contributed by atoms with Gasteiger partial charge in [-0.1, -0.05) is 0 Å². The first kappa shape index (κ1) is 28.5. The van der Waals surface area contributed by atoms with Crippen LogP contribution >= 0.6 is 0 Å². The lowest BCUT2D eigenvalue weighted by Gasteiger charge is -2.24. The van der Waals surface area contributed by atoms with E-state index in [1.54, 1.807) is 12.1 Å². The minimum atomic E-state index is -0.435. The van der Waals surface area contributed by atoms with Gasteiger partial charge in [-0.25, -0.2) is 4.79 Å². The first-order valence-electron chi connectivity index (χ1n) is 13.1. The van der Waals surface area contributed by atoms with Crippen LogP contribution in [0.15, 0.2) is 12.1 Å². The van der Waals surface area contributed by atoms with E-state index in [0.29, 0.717) is 48.9 Å². The van der Waals surface area contributed by atoms with Crippen LogP contribution in [0, 0.1) is 11.3 Å². The van der Waals surface area contributed by atoms with Gasteiger partial charge in [0.2, 0.25) is 5.75 Å². The van der Waals surface area contributed by atoms with Gasteiger partial charge in [-0.15, -0.1) is 0 Å². The SMILES string of the molecule is COc1cc2cc(c1OC)OCCCC(OC(=O)CCC#N)CCN1CCCN(CCCOC2=O)CC1. The Hall–Kier alpha value is -3.03. The van der Waals surface area contributed by atoms with Gasteiger partial charge in [0.15, 0.2) is 11.5 Å². The number of esters is 2. The average Bonchev–Trinajstić information content (AvgIpc) is 3.14. The lowest BCUT2D eigenvalue weighted by molar-refractivity contribution is -0.149. The fourth-order valence-corrected chi connectivity index (χ4v) is 4.65. The summed E-state index contributed by atoms with van der Waals surface area (Å²) in [4.78, 5) is 29.8. The second-order valence-corrected chi connectivity index (χ2v) is 9.29. The highest BCUT2D eigenvalue weighted by Gasteiger charge is 2.21. The molecule has 0 spiro atoms. The van der Waals surface area contributed by atoms with Crippen LogP contribution in [0.25, 0.3) is 0 Å². The summed E-state index contributed by atoms with van der Waals surface area (Å²) in [5.41, 5.74) is 0.334. The average molecular weight is 518 g/mol. The molecule has 0 aliphatic carbocycles. The van der Waals surface area contributed by atoms with Gasteiger partial charge >= 0.3 is 11.9 Å². The maximum absolute atomic E-state index is 12.8. The summed E-state index contributed by atoms with van der Waals surface area (Å²) in [7, 11) is 3.02. The maximum Gasteiger partial charge on any atom is 0.338 e. The van der Waals surface area contributed by atoms with Crippen molar-refractivity contribution in [2.24, 2.45) is 0 Å². The number of cyclic esters (lactones) is 1. The number of carbonyl (C=O) groups is 2. The lowest BCUT2D eigenvalue weighted by atomic mass is 10.1. The highest BCUT2D eigenvalue weighted by molar-refractivity contribution is 5.91. The maximum atomic E-state index is 12.8. The quantitative estimate of drug-likeness (QED) is 0.541. The predicted octanol–water partition coefficient (Wildman–Crippen LogP) is 3.04. The summed E-state index contributed by atoms with van der Waals surface area (Å²) in [6.07, 6.45) is 3.79. The van der Waals surface area contributed by atoms with Crippen molar-refractivity contribution in [3.8, 4) is 23.3 Å². The summed E-state index contributed by atoms with van der Waals surface area (Å²) < 4.78 is 28.2. The molecule has 3 unspecified atom stereocenters. The van der Waals surface area contributed by atoms with E-state index in [0.717, 1.165) is 58.5 Å². The molecular weight excluding hydrogens is 478 g/mol. The largest absolute Gasteiger partial charge is 0.493 e. The van der Waals surface area contributed by atoms with Gasteiger partial charge in [0.25, 0.3) is 0 Å². The van der Waals surface area contributed by atoms with Gasteiger partial charge in [-0.2, -0.15) is 5.26 Å². The van der Waals surface area contributed by atoms with Crippen molar-refractivity contribution in [2.75, 3.05) is 66.7 Å². The van der Waals surface area contributed by atoms with E-state index in [-0.39, 0.29) is 24.9 Å². The van der Waals surface area contributed by atoms with Gasteiger partial charge in [0.1, 0.15) is 6.10 Å². The standard InChI is InChI=1S/C27H39N3O7/c1-33-23-19-21-20-24(26(23)34-2)35-17-4-7-22(37-25(31)8-3-10-28)9-14-30-12-5-11-29(15-16-30)13-6-18-36-27(21)32/h19-20,22H,3-9,11-18H2,1-2H3. The number of rotatable bonds is 5. The Bertz CT molecular complexity index is 933. The third-order valence-corrected chi connectivity index (χ3v) is 6.65. The number of fused-ring (bicyclic) bond motifs is 5. The number of hydrogen-bond acceptors (Lipinski definition) is 10. The molecule has 2 heterocycles. The van der Waals surface area contributed by atoms with Crippen molar-refractivity contribution >= 4 is 11.9 Å². The number of ether oxygens (including phenoxy) is 5. The van der Waals surface area contributed by atoms with Gasteiger partial charge < -0.3 is 33.5 Å². The molecular formula is C27H39N3O7. The zero-order chi connectivity index (χ0) is 26.5. The van der Waals surface area contributed by atoms with E-state index >= 15 is 0 Å². The van der Waals surface area contributed by atoms with Crippen LogP contribution in [0.1, 0.15) is 55.3 Å². The number of carbonyl (C=O) groups excluding carboxylic acids is 2. The highest BCUT2D eigenvalue weighted by atomic mass is 16.5. The number of benzene rings is 1. The predicted molar refractivity (Wildman–Crippen MR) is 136 cm³/mol. The smallest absolute Gasteiger partial charge is 0.338 e. The van der Waals surface area contributed by atoms with Crippen molar-refractivity contribution < 1.29 is 33.3 Å². The molecule has 0 amide bonds. The Balaban J connectivity index is 1.76. The fraction of sp³-hybridized carbons (Fsp3) is 0.667. The highest BCUT2D eigenvalue weighted by Crippen LogP contribution is 2.38. The molecule has 2 aliphatic heterocycles. The van der Waals surface area contributed by atoms with Gasteiger partial charge in [-0.3, -0.25) is 4.79 Å². The molecule has 10 heteroatoms. The molecule has 0 N–H and O–H groups in total. The fourth-order valence-electron chi connectivity index (χ4n) is 4.65. The number of methoxy groups -OCH3 is 2.